The highest BCUT2D eigenvalue weighted by Crippen LogP contribution is 2.22. The van der Waals surface area contributed by atoms with Crippen LogP contribution in [0.3, 0.4) is 0 Å². The summed E-state index contributed by atoms with van der Waals surface area (Å²) in [7, 11) is 0. The van der Waals surface area contributed by atoms with Crippen molar-refractivity contribution in [1.29, 1.82) is 0 Å². The van der Waals surface area contributed by atoms with E-state index in [1.165, 1.54) is 0 Å². The number of esters is 2. The molecule has 5 heteroatoms. The highest BCUT2D eigenvalue weighted by molar-refractivity contribution is 5.95. The SMILES string of the molecule is C/C=C/C(CCN(CCC)CCC)C(C(=O)OCC)C(=O)OCC. The minimum atomic E-state index is -0.883. The Kier molecular flexibility index (Phi) is 13.2. The van der Waals surface area contributed by atoms with Crippen LogP contribution in [0.1, 0.15) is 53.9 Å². The number of hydrogen-bond acceptors (Lipinski definition) is 5. The van der Waals surface area contributed by atoms with Crippen molar-refractivity contribution in [1.82, 2.24) is 4.90 Å². The number of carbonyl (C=O) groups is 2. The van der Waals surface area contributed by atoms with Crippen LogP contribution in [0.25, 0.3) is 0 Å². The van der Waals surface area contributed by atoms with E-state index >= 15 is 0 Å². The molecule has 0 heterocycles. The number of hydrogen-bond donors (Lipinski definition) is 0. The monoisotopic (exact) mass is 341 g/mol. The van der Waals surface area contributed by atoms with Crippen LogP contribution >= 0.6 is 0 Å². The van der Waals surface area contributed by atoms with E-state index in [2.05, 4.69) is 18.7 Å². The quantitative estimate of drug-likeness (QED) is 0.292. The molecule has 0 aromatic heterocycles. The molecule has 0 rings (SSSR count). The second kappa shape index (κ2) is 14.0. The lowest BCUT2D eigenvalue weighted by Gasteiger charge is -2.26. The van der Waals surface area contributed by atoms with Gasteiger partial charge in [-0.2, -0.15) is 0 Å². The molecule has 0 radical (unpaired) electrons. The van der Waals surface area contributed by atoms with Crippen molar-refractivity contribution in [3.05, 3.63) is 12.2 Å². The summed E-state index contributed by atoms with van der Waals surface area (Å²) in [6.45, 7) is 13.1. The maximum Gasteiger partial charge on any atom is 0.320 e. The Morgan fingerprint density at radius 3 is 1.79 bits per heavy atom. The molecular weight excluding hydrogens is 306 g/mol. The summed E-state index contributed by atoms with van der Waals surface area (Å²) in [6, 6.07) is 0. The van der Waals surface area contributed by atoms with E-state index < -0.39 is 17.9 Å². The van der Waals surface area contributed by atoms with Crippen LogP contribution in [0.15, 0.2) is 12.2 Å². The van der Waals surface area contributed by atoms with Gasteiger partial charge >= 0.3 is 11.9 Å². The lowest BCUT2D eigenvalue weighted by molar-refractivity contribution is -0.163. The van der Waals surface area contributed by atoms with Gasteiger partial charge in [0.2, 0.25) is 0 Å². The molecule has 0 bridgehead atoms. The van der Waals surface area contributed by atoms with Crippen molar-refractivity contribution in [2.75, 3.05) is 32.8 Å². The molecule has 0 amide bonds. The maximum atomic E-state index is 12.3. The maximum absolute atomic E-state index is 12.3. The van der Waals surface area contributed by atoms with Gasteiger partial charge in [-0.3, -0.25) is 9.59 Å². The molecule has 0 saturated carbocycles. The fraction of sp³-hybridized carbons (Fsp3) is 0.789. The number of rotatable bonds is 13. The van der Waals surface area contributed by atoms with Crippen molar-refractivity contribution >= 4 is 11.9 Å². The summed E-state index contributed by atoms with van der Waals surface area (Å²) in [5.41, 5.74) is 0. The lowest BCUT2D eigenvalue weighted by atomic mass is 9.88. The first-order valence-corrected chi connectivity index (χ1v) is 9.23. The summed E-state index contributed by atoms with van der Waals surface area (Å²) >= 11 is 0. The predicted molar refractivity (Wildman–Crippen MR) is 96.7 cm³/mol. The molecule has 0 fully saturated rings. The standard InChI is InChI=1S/C19H35NO4/c1-6-11-16(12-15-20(13-7-2)14-8-3)17(18(21)23-9-4)19(22)24-10-5/h6,11,16-17H,7-10,12-15H2,1-5H3/b11-6+. The Balaban J connectivity index is 5.14. The molecule has 0 N–H and O–H groups in total. The van der Waals surface area contributed by atoms with Gasteiger partial charge in [0.05, 0.1) is 13.2 Å². The van der Waals surface area contributed by atoms with Crippen LogP contribution in [0.4, 0.5) is 0 Å². The summed E-state index contributed by atoms with van der Waals surface area (Å²) in [5, 5.41) is 0. The van der Waals surface area contributed by atoms with Crippen LogP contribution in [0.2, 0.25) is 0 Å². The van der Waals surface area contributed by atoms with Crippen LogP contribution in [0.5, 0.6) is 0 Å². The van der Waals surface area contributed by atoms with Crippen LogP contribution in [-0.2, 0) is 19.1 Å². The van der Waals surface area contributed by atoms with E-state index in [9.17, 15) is 9.59 Å². The van der Waals surface area contributed by atoms with Crippen molar-refractivity contribution < 1.29 is 19.1 Å². The number of nitrogens with zero attached hydrogens (tertiary/aromatic N) is 1. The number of ether oxygens (including phenoxy) is 2. The molecule has 0 aliphatic rings. The first kappa shape index (κ1) is 22.6. The van der Waals surface area contributed by atoms with Crippen LogP contribution in [-0.4, -0.2) is 49.7 Å². The Labute approximate surface area is 147 Å². The predicted octanol–water partition coefficient (Wildman–Crippen LogP) is 3.43. The van der Waals surface area contributed by atoms with E-state index in [4.69, 9.17) is 9.47 Å². The van der Waals surface area contributed by atoms with E-state index in [0.717, 1.165) is 38.9 Å². The third-order valence-corrected chi connectivity index (χ3v) is 3.81. The van der Waals surface area contributed by atoms with E-state index in [0.29, 0.717) is 0 Å². The van der Waals surface area contributed by atoms with E-state index in [-0.39, 0.29) is 19.1 Å². The zero-order chi connectivity index (χ0) is 18.4. The van der Waals surface area contributed by atoms with Crippen LogP contribution in [0, 0.1) is 11.8 Å². The Morgan fingerprint density at radius 2 is 1.42 bits per heavy atom. The van der Waals surface area contributed by atoms with Gasteiger partial charge in [-0.05, 0) is 59.7 Å². The van der Waals surface area contributed by atoms with Gasteiger partial charge in [0.25, 0.3) is 0 Å². The molecule has 140 valence electrons. The molecule has 0 aliphatic heterocycles. The molecule has 0 spiro atoms. The largest absolute Gasteiger partial charge is 0.465 e. The molecule has 0 saturated heterocycles. The van der Waals surface area contributed by atoms with E-state index in [1.54, 1.807) is 13.8 Å². The van der Waals surface area contributed by atoms with Gasteiger partial charge < -0.3 is 14.4 Å². The van der Waals surface area contributed by atoms with Crippen molar-refractivity contribution in [3.63, 3.8) is 0 Å². The Hall–Kier alpha value is -1.36. The van der Waals surface area contributed by atoms with E-state index in [1.807, 2.05) is 19.1 Å². The third-order valence-electron chi connectivity index (χ3n) is 3.81. The second-order valence-electron chi connectivity index (χ2n) is 5.80. The summed E-state index contributed by atoms with van der Waals surface area (Å²) in [6.07, 6.45) is 6.72. The fourth-order valence-electron chi connectivity index (χ4n) is 2.83. The number of allylic oxidation sites excluding steroid dienone is 2. The highest BCUT2D eigenvalue weighted by atomic mass is 16.6. The third kappa shape index (κ3) is 8.48. The highest BCUT2D eigenvalue weighted by Gasteiger charge is 2.36. The minimum absolute atomic E-state index is 0.204. The average Bonchev–Trinajstić information content (AvgIpc) is 2.53. The molecule has 1 unspecified atom stereocenters. The molecular formula is C19H35NO4. The lowest BCUT2D eigenvalue weighted by Crippen LogP contribution is -2.36. The van der Waals surface area contributed by atoms with Gasteiger partial charge in [0.15, 0.2) is 5.92 Å². The first-order chi connectivity index (χ1) is 11.5. The number of carbonyl (C=O) groups excluding carboxylic acids is 2. The van der Waals surface area contributed by atoms with Gasteiger partial charge in [-0.15, -0.1) is 0 Å². The van der Waals surface area contributed by atoms with Gasteiger partial charge in [0.1, 0.15) is 0 Å². The van der Waals surface area contributed by atoms with Crippen LogP contribution < -0.4 is 0 Å². The average molecular weight is 341 g/mol. The molecule has 0 aromatic rings. The second-order valence-corrected chi connectivity index (χ2v) is 5.80. The molecule has 0 aliphatic carbocycles. The van der Waals surface area contributed by atoms with Crippen molar-refractivity contribution in [2.45, 2.75) is 53.9 Å². The molecule has 24 heavy (non-hydrogen) atoms. The zero-order valence-electron chi connectivity index (χ0n) is 16.0. The molecule has 0 aromatic carbocycles. The summed E-state index contributed by atoms with van der Waals surface area (Å²) in [4.78, 5) is 27.0. The summed E-state index contributed by atoms with van der Waals surface area (Å²) < 4.78 is 10.2. The Morgan fingerprint density at radius 1 is 0.917 bits per heavy atom. The fourth-order valence-corrected chi connectivity index (χ4v) is 2.83. The zero-order valence-corrected chi connectivity index (χ0v) is 16.0. The van der Waals surface area contributed by atoms with Gasteiger partial charge in [-0.1, -0.05) is 26.0 Å². The Bertz CT molecular complexity index is 358. The molecule has 5 nitrogen and oxygen atoms in total. The van der Waals surface area contributed by atoms with Gasteiger partial charge in [-0.25, -0.2) is 0 Å². The normalized spacial score (nSPS) is 12.8. The van der Waals surface area contributed by atoms with Crippen molar-refractivity contribution in [3.8, 4) is 0 Å². The van der Waals surface area contributed by atoms with Crippen molar-refractivity contribution in [2.24, 2.45) is 11.8 Å². The minimum Gasteiger partial charge on any atom is -0.465 e. The molecule has 1 atom stereocenters. The topological polar surface area (TPSA) is 55.8 Å². The van der Waals surface area contributed by atoms with Gasteiger partial charge in [0, 0.05) is 5.92 Å². The summed E-state index contributed by atoms with van der Waals surface area (Å²) in [5.74, 6) is -2.07. The first-order valence-electron chi connectivity index (χ1n) is 9.23. The smallest absolute Gasteiger partial charge is 0.320 e.